The van der Waals surface area contributed by atoms with E-state index in [9.17, 15) is 14.4 Å². The molecule has 7 heteroatoms. The quantitative estimate of drug-likeness (QED) is 0.827. The van der Waals surface area contributed by atoms with Crippen LogP contribution in [0, 0.1) is 0 Å². The number of hydrogen-bond donors (Lipinski definition) is 1. The number of anilines is 1. The van der Waals surface area contributed by atoms with Gasteiger partial charge in [0.25, 0.3) is 5.91 Å². The average molecular weight is 351 g/mol. The topological polar surface area (TPSA) is 75.7 Å². The molecule has 1 saturated carbocycles. The second kappa shape index (κ2) is 6.81. The van der Waals surface area contributed by atoms with Gasteiger partial charge in [0.1, 0.15) is 0 Å². The molecule has 1 aromatic rings. The molecule has 2 fully saturated rings. The summed E-state index contributed by atoms with van der Waals surface area (Å²) in [5, 5.41) is 3.20. The molecule has 1 atom stereocenters. The van der Waals surface area contributed by atoms with E-state index in [4.69, 9.17) is 16.3 Å². The molecule has 1 aliphatic carbocycles. The van der Waals surface area contributed by atoms with Gasteiger partial charge < -0.3 is 15.0 Å². The zero-order valence-corrected chi connectivity index (χ0v) is 14.1. The minimum atomic E-state index is -0.870. The van der Waals surface area contributed by atoms with E-state index in [1.54, 1.807) is 17.0 Å². The van der Waals surface area contributed by atoms with Crippen molar-refractivity contribution in [3.8, 4) is 0 Å². The van der Waals surface area contributed by atoms with Crippen LogP contribution in [0.3, 0.4) is 0 Å². The van der Waals surface area contributed by atoms with Gasteiger partial charge in [-0.2, -0.15) is 0 Å². The number of ether oxygens (including phenoxy) is 1. The van der Waals surface area contributed by atoms with Gasteiger partial charge in [0.15, 0.2) is 6.10 Å². The summed E-state index contributed by atoms with van der Waals surface area (Å²) in [5.41, 5.74) is 0.767. The molecule has 1 aliphatic heterocycles. The van der Waals surface area contributed by atoms with Crippen molar-refractivity contribution in [2.75, 3.05) is 11.4 Å². The normalized spacial score (nSPS) is 18.4. The zero-order valence-electron chi connectivity index (χ0n) is 13.4. The number of rotatable bonds is 5. The van der Waals surface area contributed by atoms with Crippen LogP contribution in [-0.2, 0) is 14.3 Å². The fourth-order valence-corrected chi connectivity index (χ4v) is 2.80. The molecule has 1 N–H and O–H groups in total. The van der Waals surface area contributed by atoms with Crippen molar-refractivity contribution in [2.24, 2.45) is 0 Å². The second-order valence-corrected chi connectivity index (χ2v) is 6.55. The van der Waals surface area contributed by atoms with Gasteiger partial charge >= 0.3 is 5.97 Å². The summed E-state index contributed by atoms with van der Waals surface area (Å²) < 4.78 is 5.21. The predicted molar refractivity (Wildman–Crippen MR) is 89.1 cm³/mol. The number of nitrogens with zero attached hydrogens (tertiary/aromatic N) is 1. The molecule has 3 rings (SSSR count). The van der Waals surface area contributed by atoms with Crippen molar-refractivity contribution in [3.63, 3.8) is 0 Å². The van der Waals surface area contributed by atoms with Gasteiger partial charge in [-0.25, -0.2) is 4.79 Å². The molecule has 2 aliphatic rings. The molecule has 2 amide bonds. The largest absolute Gasteiger partial charge is 0.449 e. The van der Waals surface area contributed by atoms with Crippen LogP contribution in [0.1, 0.15) is 43.0 Å². The third kappa shape index (κ3) is 3.70. The van der Waals surface area contributed by atoms with Crippen LogP contribution >= 0.6 is 11.6 Å². The third-order valence-corrected chi connectivity index (χ3v) is 4.44. The van der Waals surface area contributed by atoms with E-state index in [-0.39, 0.29) is 23.4 Å². The van der Waals surface area contributed by atoms with E-state index in [0.29, 0.717) is 23.7 Å². The Balaban J connectivity index is 1.70. The molecular formula is C17H19ClN2O4. The predicted octanol–water partition coefficient (Wildman–Crippen LogP) is 2.29. The molecule has 1 aromatic carbocycles. The summed E-state index contributed by atoms with van der Waals surface area (Å²) in [5.74, 6) is -0.924. The Labute approximate surface area is 145 Å². The smallest absolute Gasteiger partial charge is 0.338 e. The Bertz CT molecular complexity index is 687. The third-order valence-electron chi connectivity index (χ3n) is 4.12. The van der Waals surface area contributed by atoms with E-state index in [2.05, 4.69) is 5.32 Å². The van der Waals surface area contributed by atoms with Crippen LogP contribution in [0.25, 0.3) is 0 Å². The lowest BCUT2D eigenvalue weighted by Crippen LogP contribution is -2.37. The highest BCUT2D eigenvalue weighted by Gasteiger charge is 2.28. The lowest BCUT2D eigenvalue weighted by molar-refractivity contribution is -0.129. The van der Waals surface area contributed by atoms with E-state index in [1.807, 2.05) is 0 Å². The number of nitrogens with one attached hydrogen (secondary N) is 1. The number of carbonyl (C=O) groups excluding carboxylic acids is 3. The lowest BCUT2D eigenvalue weighted by Gasteiger charge is -2.18. The molecular weight excluding hydrogens is 332 g/mol. The maximum Gasteiger partial charge on any atom is 0.338 e. The molecule has 0 aromatic heterocycles. The lowest BCUT2D eigenvalue weighted by atomic mass is 10.2. The van der Waals surface area contributed by atoms with Crippen molar-refractivity contribution in [2.45, 2.75) is 44.8 Å². The van der Waals surface area contributed by atoms with Crippen molar-refractivity contribution in [3.05, 3.63) is 28.8 Å². The van der Waals surface area contributed by atoms with Gasteiger partial charge in [0.2, 0.25) is 5.91 Å². The molecule has 0 radical (unpaired) electrons. The monoisotopic (exact) mass is 350 g/mol. The first-order chi connectivity index (χ1) is 11.5. The van der Waals surface area contributed by atoms with E-state index in [1.165, 1.54) is 13.0 Å². The van der Waals surface area contributed by atoms with Crippen LogP contribution < -0.4 is 10.2 Å². The summed E-state index contributed by atoms with van der Waals surface area (Å²) >= 11 is 6.16. The van der Waals surface area contributed by atoms with Crippen LogP contribution in [0.15, 0.2) is 18.2 Å². The number of carbonyl (C=O) groups is 3. The maximum absolute atomic E-state index is 12.3. The van der Waals surface area contributed by atoms with Crippen molar-refractivity contribution < 1.29 is 19.1 Å². The van der Waals surface area contributed by atoms with E-state index < -0.39 is 12.1 Å². The van der Waals surface area contributed by atoms with Crippen LogP contribution in [0.5, 0.6) is 0 Å². The van der Waals surface area contributed by atoms with E-state index >= 15 is 0 Å². The van der Waals surface area contributed by atoms with Crippen LogP contribution in [0.4, 0.5) is 5.69 Å². The molecule has 0 bridgehead atoms. The number of benzene rings is 1. The summed E-state index contributed by atoms with van der Waals surface area (Å²) in [6, 6.07) is 4.84. The summed E-state index contributed by atoms with van der Waals surface area (Å²) in [7, 11) is 0. The van der Waals surface area contributed by atoms with Crippen LogP contribution in [-0.4, -0.2) is 36.5 Å². The number of amides is 2. The molecule has 24 heavy (non-hydrogen) atoms. The van der Waals surface area contributed by atoms with Gasteiger partial charge in [-0.05, 0) is 44.4 Å². The Hall–Kier alpha value is -2.08. The first-order valence-corrected chi connectivity index (χ1v) is 8.45. The fourth-order valence-electron chi connectivity index (χ4n) is 2.58. The maximum atomic E-state index is 12.3. The van der Waals surface area contributed by atoms with Crippen molar-refractivity contribution in [1.82, 2.24) is 5.32 Å². The minimum absolute atomic E-state index is 0.0143. The highest BCUT2D eigenvalue weighted by atomic mass is 35.5. The Morgan fingerprint density at radius 2 is 2.12 bits per heavy atom. The summed E-state index contributed by atoms with van der Waals surface area (Å²) in [6.07, 6.45) is 2.31. The highest BCUT2D eigenvalue weighted by Crippen LogP contribution is 2.30. The first kappa shape index (κ1) is 16.8. The van der Waals surface area contributed by atoms with Gasteiger partial charge in [-0.15, -0.1) is 0 Å². The SMILES string of the molecule is C[C@@H](OC(=O)c1ccc(Cl)c(N2CCCC2=O)c1)C(=O)NC1CC1. The molecule has 6 nitrogen and oxygen atoms in total. The Kier molecular flexibility index (Phi) is 4.76. The fraction of sp³-hybridized carbons (Fsp3) is 0.471. The average Bonchev–Trinajstić information content (AvgIpc) is 3.26. The minimum Gasteiger partial charge on any atom is -0.449 e. The van der Waals surface area contributed by atoms with Gasteiger partial charge in [-0.1, -0.05) is 11.6 Å². The van der Waals surface area contributed by atoms with Crippen molar-refractivity contribution >= 4 is 35.1 Å². The molecule has 1 heterocycles. The molecule has 128 valence electrons. The van der Waals surface area contributed by atoms with E-state index in [0.717, 1.165) is 19.3 Å². The van der Waals surface area contributed by atoms with Gasteiger partial charge in [0.05, 0.1) is 16.3 Å². The Morgan fingerprint density at radius 3 is 2.75 bits per heavy atom. The molecule has 1 saturated heterocycles. The standard InChI is InChI=1S/C17H19ClN2O4/c1-10(16(22)19-12-5-6-12)24-17(23)11-4-7-13(18)14(9-11)20-8-2-3-15(20)21/h4,7,9-10,12H,2-3,5-6,8H2,1H3,(H,19,22)/t10-/m1/s1. The Morgan fingerprint density at radius 1 is 1.38 bits per heavy atom. The highest BCUT2D eigenvalue weighted by molar-refractivity contribution is 6.34. The molecule has 0 unspecified atom stereocenters. The second-order valence-electron chi connectivity index (χ2n) is 6.15. The number of esters is 1. The number of halogens is 1. The van der Waals surface area contributed by atoms with Crippen molar-refractivity contribution in [1.29, 1.82) is 0 Å². The van der Waals surface area contributed by atoms with Crippen LogP contribution in [0.2, 0.25) is 5.02 Å². The molecule has 0 spiro atoms. The summed E-state index contributed by atoms with van der Waals surface area (Å²) in [6.45, 7) is 2.12. The zero-order chi connectivity index (χ0) is 17.3. The van der Waals surface area contributed by atoms with Gasteiger partial charge in [0, 0.05) is 19.0 Å². The number of hydrogen-bond acceptors (Lipinski definition) is 4. The first-order valence-electron chi connectivity index (χ1n) is 8.07. The van der Waals surface area contributed by atoms with Gasteiger partial charge in [-0.3, -0.25) is 9.59 Å². The summed E-state index contributed by atoms with van der Waals surface area (Å²) in [4.78, 5) is 37.6.